The molecule has 1 rings (SSSR count). The highest BCUT2D eigenvalue weighted by Gasteiger charge is 2.24. The van der Waals surface area contributed by atoms with Crippen molar-refractivity contribution in [3.8, 4) is 0 Å². The fraction of sp³-hybridized carbons (Fsp3) is 0.889. The molecule has 1 aliphatic carbocycles. The lowest BCUT2D eigenvalue weighted by Crippen LogP contribution is -2.32. The predicted molar refractivity (Wildman–Crippen MR) is 47.3 cm³/mol. The highest BCUT2D eigenvalue weighted by molar-refractivity contribution is 5.67. The van der Waals surface area contributed by atoms with E-state index in [1.165, 1.54) is 0 Å². The maximum atomic E-state index is 12.9. The summed E-state index contributed by atoms with van der Waals surface area (Å²) >= 11 is 0. The number of hydrogen-bond donors (Lipinski definition) is 1. The molecule has 0 spiro atoms. The van der Waals surface area contributed by atoms with Crippen LogP contribution in [0.4, 0.5) is 9.18 Å². The van der Waals surface area contributed by atoms with E-state index in [0.29, 0.717) is 19.4 Å². The molecule has 0 bridgehead atoms. The molecule has 0 radical (unpaired) electrons. The van der Waals surface area contributed by atoms with Gasteiger partial charge in [-0.15, -0.1) is 0 Å². The minimum absolute atomic E-state index is 0.227. The number of amides is 1. The normalized spacial score (nSPS) is 28.2. The van der Waals surface area contributed by atoms with Crippen molar-refractivity contribution in [3.05, 3.63) is 0 Å². The van der Waals surface area contributed by atoms with Gasteiger partial charge < -0.3 is 10.1 Å². The average molecular weight is 189 g/mol. The zero-order valence-electron chi connectivity index (χ0n) is 7.88. The monoisotopic (exact) mass is 189 g/mol. The van der Waals surface area contributed by atoms with Crippen molar-refractivity contribution in [2.75, 3.05) is 6.54 Å². The van der Waals surface area contributed by atoms with Crippen molar-refractivity contribution in [3.63, 3.8) is 0 Å². The molecule has 1 N–H and O–H groups in total. The van der Waals surface area contributed by atoms with Gasteiger partial charge in [-0.25, -0.2) is 9.18 Å². The zero-order valence-corrected chi connectivity index (χ0v) is 7.88. The summed E-state index contributed by atoms with van der Waals surface area (Å²) in [6.07, 6.45) is 1.11. The highest BCUT2D eigenvalue weighted by atomic mass is 19.1. The lowest BCUT2D eigenvalue weighted by atomic mass is 9.96. The molecule has 1 aliphatic rings. The predicted octanol–water partition coefficient (Wildman–Crippen LogP) is 2.01. The molecule has 1 fully saturated rings. The number of alkyl halides is 1. The van der Waals surface area contributed by atoms with E-state index in [4.69, 9.17) is 4.74 Å². The molecule has 0 aliphatic heterocycles. The van der Waals surface area contributed by atoms with Gasteiger partial charge in [0, 0.05) is 13.0 Å². The molecule has 2 atom stereocenters. The lowest BCUT2D eigenvalue weighted by molar-refractivity contribution is 0.0511. The molecule has 0 aromatic carbocycles. The van der Waals surface area contributed by atoms with E-state index in [9.17, 15) is 9.18 Å². The van der Waals surface area contributed by atoms with Gasteiger partial charge in [0.1, 0.15) is 12.3 Å². The van der Waals surface area contributed by atoms with Crippen LogP contribution < -0.4 is 5.32 Å². The van der Waals surface area contributed by atoms with Crippen LogP contribution in [-0.4, -0.2) is 24.9 Å². The molecule has 2 unspecified atom stereocenters. The maximum Gasteiger partial charge on any atom is 0.407 e. The summed E-state index contributed by atoms with van der Waals surface area (Å²) in [5, 5.41) is 2.52. The minimum atomic E-state index is -0.798. The molecule has 13 heavy (non-hydrogen) atoms. The van der Waals surface area contributed by atoms with E-state index >= 15 is 0 Å². The van der Waals surface area contributed by atoms with Gasteiger partial charge in [0.25, 0.3) is 0 Å². The second-order valence-corrected chi connectivity index (χ2v) is 3.32. The zero-order chi connectivity index (χ0) is 9.68. The van der Waals surface area contributed by atoms with Crippen LogP contribution in [0.5, 0.6) is 0 Å². The summed E-state index contributed by atoms with van der Waals surface area (Å²) in [7, 11) is 0. The molecule has 76 valence electrons. The molecular formula is C9H16FNO2. The SMILES string of the molecule is CCNC(=O)OC1CCCC(F)C1. The van der Waals surface area contributed by atoms with Crippen LogP contribution in [0.25, 0.3) is 0 Å². The van der Waals surface area contributed by atoms with Crippen LogP contribution in [0.2, 0.25) is 0 Å². The Bertz CT molecular complexity index is 175. The van der Waals surface area contributed by atoms with E-state index in [1.54, 1.807) is 0 Å². The average Bonchev–Trinajstić information content (AvgIpc) is 2.04. The first-order valence-corrected chi connectivity index (χ1v) is 4.81. The summed E-state index contributed by atoms with van der Waals surface area (Å²) in [5.74, 6) is 0. The summed E-state index contributed by atoms with van der Waals surface area (Å²) < 4.78 is 17.9. The van der Waals surface area contributed by atoms with E-state index in [-0.39, 0.29) is 6.10 Å². The van der Waals surface area contributed by atoms with Crippen LogP contribution in [0.1, 0.15) is 32.6 Å². The van der Waals surface area contributed by atoms with Crippen LogP contribution >= 0.6 is 0 Å². The van der Waals surface area contributed by atoms with Gasteiger partial charge in [-0.1, -0.05) is 0 Å². The van der Waals surface area contributed by atoms with Crippen molar-refractivity contribution in [1.29, 1.82) is 0 Å². The van der Waals surface area contributed by atoms with Crippen LogP contribution in [-0.2, 0) is 4.74 Å². The van der Waals surface area contributed by atoms with Gasteiger partial charge in [-0.2, -0.15) is 0 Å². The molecular weight excluding hydrogens is 173 g/mol. The van der Waals surface area contributed by atoms with E-state index in [1.807, 2.05) is 6.92 Å². The summed E-state index contributed by atoms with van der Waals surface area (Å²) in [5.41, 5.74) is 0. The fourth-order valence-electron chi connectivity index (χ4n) is 1.53. The highest BCUT2D eigenvalue weighted by Crippen LogP contribution is 2.23. The minimum Gasteiger partial charge on any atom is -0.446 e. The summed E-state index contributed by atoms with van der Waals surface area (Å²) in [6, 6.07) is 0. The molecule has 0 aromatic heterocycles. The smallest absolute Gasteiger partial charge is 0.407 e. The molecule has 1 saturated carbocycles. The van der Waals surface area contributed by atoms with E-state index in [0.717, 1.165) is 12.8 Å². The van der Waals surface area contributed by atoms with Gasteiger partial charge in [0.15, 0.2) is 0 Å². The van der Waals surface area contributed by atoms with Crippen LogP contribution in [0.3, 0.4) is 0 Å². The standard InChI is InChI=1S/C9H16FNO2/c1-2-11-9(12)13-8-5-3-4-7(10)6-8/h7-8H,2-6H2,1H3,(H,11,12). The quantitative estimate of drug-likeness (QED) is 0.721. The largest absolute Gasteiger partial charge is 0.446 e. The Balaban J connectivity index is 2.23. The fourth-order valence-corrected chi connectivity index (χ4v) is 1.53. The van der Waals surface area contributed by atoms with E-state index in [2.05, 4.69) is 5.32 Å². The third-order valence-electron chi connectivity index (χ3n) is 2.16. The Morgan fingerprint density at radius 2 is 2.38 bits per heavy atom. The van der Waals surface area contributed by atoms with Gasteiger partial charge in [-0.05, 0) is 26.2 Å². The van der Waals surface area contributed by atoms with Gasteiger partial charge in [0.2, 0.25) is 0 Å². The third-order valence-corrected chi connectivity index (χ3v) is 2.16. The van der Waals surface area contributed by atoms with Crippen LogP contribution in [0, 0.1) is 0 Å². The number of alkyl carbamates (subject to hydrolysis) is 1. The molecule has 1 amide bonds. The first-order valence-electron chi connectivity index (χ1n) is 4.81. The number of ether oxygens (including phenoxy) is 1. The Hall–Kier alpha value is -0.800. The van der Waals surface area contributed by atoms with Crippen molar-refractivity contribution in [1.82, 2.24) is 5.32 Å². The van der Waals surface area contributed by atoms with Gasteiger partial charge in [-0.3, -0.25) is 0 Å². The van der Waals surface area contributed by atoms with E-state index < -0.39 is 12.3 Å². The number of halogens is 1. The molecule has 0 heterocycles. The first kappa shape index (κ1) is 10.3. The Labute approximate surface area is 77.6 Å². The molecule has 0 aromatic rings. The Morgan fingerprint density at radius 3 is 3.00 bits per heavy atom. The molecule has 3 nitrogen and oxygen atoms in total. The second kappa shape index (κ2) is 5.04. The number of hydrogen-bond acceptors (Lipinski definition) is 2. The van der Waals surface area contributed by atoms with Crippen LogP contribution in [0.15, 0.2) is 0 Å². The summed E-state index contributed by atoms with van der Waals surface area (Å²) in [4.78, 5) is 11.0. The topological polar surface area (TPSA) is 38.3 Å². The number of carbonyl (C=O) groups is 1. The number of carbonyl (C=O) groups excluding carboxylic acids is 1. The number of rotatable bonds is 2. The Morgan fingerprint density at radius 1 is 1.62 bits per heavy atom. The van der Waals surface area contributed by atoms with Gasteiger partial charge >= 0.3 is 6.09 Å². The van der Waals surface area contributed by atoms with Crippen molar-refractivity contribution >= 4 is 6.09 Å². The van der Waals surface area contributed by atoms with Crippen molar-refractivity contribution in [2.45, 2.75) is 44.9 Å². The first-order chi connectivity index (χ1) is 6.22. The van der Waals surface area contributed by atoms with Crippen molar-refractivity contribution in [2.24, 2.45) is 0 Å². The number of nitrogens with one attached hydrogen (secondary N) is 1. The third kappa shape index (κ3) is 3.61. The molecule has 4 heteroatoms. The second-order valence-electron chi connectivity index (χ2n) is 3.32. The maximum absolute atomic E-state index is 12.9. The van der Waals surface area contributed by atoms with Gasteiger partial charge in [0.05, 0.1) is 0 Å². The lowest BCUT2D eigenvalue weighted by Gasteiger charge is -2.24. The Kier molecular flexibility index (Phi) is 3.99. The molecule has 0 saturated heterocycles. The van der Waals surface area contributed by atoms with Crippen molar-refractivity contribution < 1.29 is 13.9 Å². The summed E-state index contributed by atoms with van der Waals surface area (Å²) in [6.45, 7) is 2.37.